The summed E-state index contributed by atoms with van der Waals surface area (Å²) < 4.78 is 12.3. The number of aliphatic hydroxyl groups is 1. The van der Waals surface area contributed by atoms with Gasteiger partial charge in [-0.25, -0.2) is 0 Å². The Hall–Kier alpha value is -0.670. The zero-order valence-corrected chi connectivity index (χ0v) is 11.9. The SMILES string of the molecule is CCC[C@@](C)(O)[C@@H](C)[S@@](=O)c1ccc(C)cc1. The van der Waals surface area contributed by atoms with Gasteiger partial charge in [0.1, 0.15) is 0 Å². The molecule has 3 atom stereocenters. The van der Waals surface area contributed by atoms with Crippen LogP contribution in [0.1, 0.15) is 39.2 Å². The van der Waals surface area contributed by atoms with Crippen LogP contribution in [0.2, 0.25) is 0 Å². The second kappa shape index (κ2) is 5.78. The highest BCUT2D eigenvalue weighted by molar-refractivity contribution is 7.85. The second-order valence-electron chi connectivity index (χ2n) is 4.86. The van der Waals surface area contributed by atoms with Crippen molar-refractivity contribution in [2.75, 3.05) is 0 Å². The molecule has 3 heteroatoms. The number of hydrogen-bond acceptors (Lipinski definition) is 2. The fourth-order valence-electron chi connectivity index (χ4n) is 1.82. The van der Waals surface area contributed by atoms with Crippen molar-refractivity contribution >= 4 is 10.8 Å². The minimum Gasteiger partial charge on any atom is -0.389 e. The minimum atomic E-state index is -1.16. The van der Waals surface area contributed by atoms with E-state index in [2.05, 4.69) is 0 Å². The van der Waals surface area contributed by atoms with Crippen LogP contribution in [0.25, 0.3) is 0 Å². The fraction of sp³-hybridized carbons (Fsp3) is 0.571. The van der Waals surface area contributed by atoms with Gasteiger partial charge in [0, 0.05) is 4.90 Å². The van der Waals surface area contributed by atoms with Gasteiger partial charge in [-0.15, -0.1) is 0 Å². The fourth-order valence-corrected chi connectivity index (χ4v) is 3.21. The monoisotopic (exact) mass is 254 g/mol. The average Bonchev–Trinajstić information content (AvgIpc) is 2.28. The smallest absolute Gasteiger partial charge is 0.0763 e. The van der Waals surface area contributed by atoms with E-state index in [1.54, 1.807) is 6.92 Å². The lowest BCUT2D eigenvalue weighted by Crippen LogP contribution is -2.39. The van der Waals surface area contributed by atoms with Crippen LogP contribution in [0.4, 0.5) is 0 Å². The van der Waals surface area contributed by atoms with E-state index in [0.29, 0.717) is 6.42 Å². The standard InChI is InChI=1S/C14H22O2S/c1-5-10-14(4,15)12(3)17(16)13-8-6-11(2)7-9-13/h6-9,12,15H,5,10H2,1-4H3/t12-,14-,17-/m1/s1. The van der Waals surface area contributed by atoms with Gasteiger partial charge in [-0.05, 0) is 39.3 Å². The molecule has 0 aromatic heterocycles. The molecule has 0 heterocycles. The molecule has 0 aliphatic heterocycles. The highest BCUT2D eigenvalue weighted by Crippen LogP contribution is 2.24. The summed E-state index contributed by atoms with van der Waals surface area (Å²) in [6.07, 6.45) is 1.56. The highest BCUT2D eigenvalue weighted by atomic mass is 32.2. The van der Waals surface area contributed by atoms with E-state index in [9.17, 15) is 9.32 Å². The Morgan fingerprint density at radius 3 is 2.35 bits per heavy atom. The average molecular weight is 254 g/mol. The minimum absolute atomic E-state index is 0.259. The van der Waals surface area contributed by atoms with E-state index in [1.807, 2.05) is 45.0 Å². The van der Waals surface area contributed by atoms with E-state index in [4.69, 9.17) is 0 Å². The Bertz CT molecular complexity index is 382. The maximum Gasteiger partial charge on any atom is 0.0763 e. The van der Waals surface area contributed by atoms with Crippen LogP contribution in [0, 0.1) is 6.92 Å². The van der Waals surface area contributed by atoms with E-state index in [0.717, 1.165) is 16.9 Å². The molecule has 96 valence electrons. The van der Waals surface area contributed by atoms with E-state index in [1.165, 1.54) is 0 Å². The Labute approximate surface area is 107 Å². The lowest BCUT2D eigenvalue weighted by atomic mass is 9.97. The van der Waals surface area contributed by atoms with Gasteiger partial charge < -0.3 is 5.11 Å². The maximum atomic E-state index is 12.3. The Kier molecular flexibility index (Phi) is 4.90. The van der Waals surface area contributed by atoms with Gasteiger partial charge >= 0.3 is 0 Å². The molecule has 0 bridgehead atoms. The summed E-state index contributed by atoms with van der Waals surface area (Å²) in [5.74, 6) is 0. The maximum absolute atomic E-state index is 12.3. The summed E-state index contributed by atoms with van der Waals surface area (Å²) in [5.41, 5.74) is 0.281. The Morgan fingerprint density at radius 1 is 1.35 bits per heavy atom. The van der Waals surface area contributed by atoms with Crippen molar-refractivity contribution in [3.8, 4) is 0 Å². The van der Waals surface area contributed by atoms with Crippen LogP contribution in [-0.2, 0) is 10.8 Å². The van der Waals surface area contributed by atoms with Crippen LogP contribution in [-0.4, -0.2) is 20.2 Å². The number of rotatable bonds is 5. The molecule has 0 amide bonds. The van der Waals surface area contributed by atoms with Crippen molar-refractivity contribution in [2.24, 2.45) is 0 Å². The molecular weight excluding hydrogens is 232 g/mol. The quantitative estimate of drug-likeness (QED) is 0.877. The number of hydrogen-bond donors (Lipinski definition) is 1. The van der Waals surface area contributed by atoms with Crippen molar-refractivity contribution in [2.45, 2.75) is 56.3 Å². The highest BCUT2D eigenvalue weighted by Gasteiger charge is 2.32. The van der Waals surface area contributed by atoms with Gasteiger partial charge in [0.25, 0.3) is 0 Å². The summed E-state index contributed by atoms with van der Waals surface area (Å²) in [5, 5.41) is 10.0. The molecule has 0 spiro atoms. The predicted octanol–water partition coefficient (Wildman–Crippen LogP) is 3.04. The zero-order chi connectivity index (χ0) is 13.1. The van der Waals surface area contributed by atoms with Gasteiger partial charge in [-0.1, -0.05) is 31.0 Å². The molecular formula is C14H22O2S. The molecule has 1 aromatic carbocycles. The predicted molar refractivity (Wildman–Crippen MR) is 72.6 cm³/mol. The largest absolute Gasteiger partial charge is 0.389 e. The third kappa shape index (κ3) is 3.65. The topological polar surface area (TPSA) is 37.3 Å². The summed E-state index contributed by atoms with van der Waals surface area (Å²) in [4.78, 5) is 0.791. The molecule has 17 heavy (non-hydrogen) atoms. The van der Waals surface area contributed by atoms with Crippen LogP contribution in [0.5, 0.6) is 0 Å². The van der Waals surface area contributed by atoms with Gasteiger partial charge in [-0.2, -0.15) is 0 Å². The summed E-state index contributed by atoms with van der Waals surface area (Å²) >= 11 is 0. The molecule has 2 nitrogen and oxygen atoms in total. The first-order valence-corrected chi connectivity index (χ1v) is 7.29. The normalized spacial score (nSPS) is 18.4. The van der Waals surface area contributed by atoms with Gasteiger partial charge in [-0.3, -0.25) is 4.21 Å². The summed E-state index contributed by atoms with van der Waals surface area (Å²) in [6.45, 7) is 7.65. The van der Waals surface area contributed by atoms with Crippen molar-refractivity contribution in [3.63, 3.8) is 0 Å². The van der Waals surface area contributed by atoms with Crippen LogP contribution < -0.4 is 0 Å². The third-order valence-electron chi connectivity index (χ3n) is 3.21. The molecule has 0 unspecified atom stereocenters. The molecule has 0 fully saturated rings. The second-order valence-corrected chi connectivity index (χ2v) is 6.63. The lowest BCUT2D eigenvalue weighted by Gasteiger charge is -2.29. The summed E-state index contributed by atoms with van der Waals surface area (Å²) in [7, 11) is -1.16. The summed E-state index contributed by atoms with van der Waals surface area (Å²) in [6, 6.07) is 7.66. The first kappa shape index (κ1) is 14.4. The Balaban J connectivity index is 2.86. The van der Waals surface area contributed by atoms with E-state index in [-0.39, 0.29) is 5.25 Å². The van der Waals surface area contributed by atoms with Crippen molar-refractivity contribution in [1.29, 1.82) is 0 Å². The van der Waals surface area contributed by atoms with Gasteiger partial charge in [0.05, 0.1) is 21.7 Å². The third-order valence-corrected chi connectivity index (χ3v) is 5.09. The van der Waals surface area contributed by atoms with Crippen LogP contribution in [0.15, 0.2) is 29.2 Å². The molecule has 0 saturated heterocycles. The molecule has 1 rings (SSSR count). The number of benzene rings is 1. The molecule has 1 N–H and O–H groups in total. The Morgan fingerprint density at radius 2 is 1.88 bits per heavy atom. The zero-order valence-electron chi connectivity index (χ0n) is 11.1. The molecule has 0 radical (unpaired) electrons. The first-order valence-electron chi connectivity index (χ1n) is 6.08. The molecule has 0 aliphatic carbocycles. The van der Waals surface area contributed by atoms with E-state index >= 15 is 0 Å². The van der Waals surface area contributed by atoms with Crippen LogP contribution >= 0.6 is 0 Å². The van der Waals surface area contributed by atoms with E-state index < -0.39 is 16.4 Å². The lowest BCUT2D eigenvalue weighted by molar-refractivity contribution is 0.0507. The molecule has 1 aromatic rings. The van der Waals surface area contributed by atoms with Gasteiger partial charge in [0.15, 0.2) is 0 Å². The first-order chi connectivity index (χ1) is 7.88. The molecule has 0 aliphatic rings. The molecule has 0 saturated carbocycles. The van der Waals surface area contributed by atoms with Crippen LogP contribution in [0.3, 0.4) is 0 Å². The van der Waals surface area contributed by atoms with Crippen molar-refractivity contribution in [3.05, 3.63) is 29.8 Å². The van der Waals surface area contributed by atoms with Gasteiger partial charge in [0.2, 0.25) is 0 Å². The van der Waals surface area contributed by atoms with Crippen molar-refractivity contribution in [1.82, 2.24) is 0 Å². The number of aryl methyl sites for hydroxylation is 1. The van der Waals surface area contributed by atoms with Crippen molar-refractivity contribution < 1.29 is 9.32 Å².